The zero-order chi connectivity index (χ0) is 23.5. The van der Waals surface area contributed by atoms with E-state index in [1.54, 1.807) is 31.2 Å². The van der Waals surface area contributed by atoms with Crippen LogP contribution < -0.4 is 4.74 Å². The fourth-order valence-corrected chi connectivity index (χ4v) is 4.47. The molecule has 0 saturated carbocycles. The van der Waals surface area contributed by atoms with Crippen molar-refractivity contribution >= 4 is 43.8 Å². The summed E-state index contributed by atoms with van der Waals surface area (Å²) in [4.78, 5) is 11.8. The maximum Gasteiger partial charge on any atom is 0.338 e. The quantitative estimate of drug-likeness (QED) is 0.156. The zero-order valence-corrected chi connectivity index (χ0v) is 20.2. The van der Waals surface area contributed by atoms with Crippen LogP contribution in [-0.4, -0.2) is 12.6 Å². The van der Waals surface area contributed by atoms with Gasteiger partial charge in [-0.1, -0.05) is 40.2 Å². The molecule has 0 N–H and O–H groups in total. The number of ether oxygens (including phenoxy) is 2. The summed E-state index contributed by atoms with van der Waals surface area (Å²) in [6.07, 6.45) is 0.791. The number of hydrogen-bond acceptors (Lipinski definition) is 5. The Kier molecular flexibility index (Phi) is 6.41. The van der Waals surface area contributed by atoms with Gasteiger partial charge in [-0.3, -0.25) is 0 Å². The molecule has 5 rings (SSSR count). The summed E-state index contributed by atoms with van der Waals surface area (Å²) >= 11 is 3.78. The minimum Gasteiger partial charge on any atom is -0.486 e. The lowest BCUT2D eigenvalue weighted by Crippen LogP contribution is -2.04. The molecule has 0 bridgehead atoms. The number of alkyl halides is 1. The van der Waals surface area contributed by atoms with Gasteiger partial charge in [0.2, 0.25) is 0 Å². The van der Waals surface area contributed by atoms with Crippen LogP contribution in [0.4, 0.5) is 0 Å². The van der Waals surface area contributed by atoms with E-state index in [0.29, 0.717) is 24.5 Å². The van der Waals surface area contributed by atoms with E-state index in [-0.39, 0.29) is 10.8 Å². The molecule has 0 aliphatic carbocycles. The number of hydrogen-bond donors (Lipinski definition) is 0. The number of carbonyl (C=O) groups excluding carboxylic acids is 1. The molecule has 2 heterocycles. The van der Waals surface area contributed by atoms with Crippen LogP contribution in [0.15, 0.2) is 87.7 Å². The fourth-order valence-electron chi connectivity index (χ4n) is 3.87. The van der Waals surface area contributed by atoms with E-state index in [1.165, 1.54) is 5.56 Å². The normalized spacial score (nSPS) is 12.2. The van der Waals surface area contributed by atoms with Gasteiger partial charge in [0.25, 0.3) is 0 Å². The predicted octanol–water partition coefficient (Wildman–Crippen LogP) is 7.61. The van der Waals surface area contributed by atoms with E-state index in [2.05, 4.69) is 40.2 Å². The molecule has 1 unspecified atom stereocenters. The first-order valence-corrected chi connectivity index (χ1v) is 12.0. The first kappa shape index (κ1) is 22.3. The number of carbonyl (C=O) groups is 1. The molecule has 0 aliphatic heterocycles. The summed E-state index contributed by atoms with van der Waals surface area (Å²) in [6.45, 7) is 2.43. The molecule has 1 atom stereocenters. The Morgan fingerprint density at radius 3 is 2.50 bits per heavy atom. The Balaban J connectivity index is 1.24. The number of rotatable bonds is 8. The van der Waals surface area contributed by atoms with Crippen molar-refractivity contribution in [2.24, 2.45) is 0 Å². The van der Waals surface area contributed by atoms with Gasteiger partial charge in [0.15, 0.2) is 0 Å². The molecule has 3 aromatic carbocycles. The van der Waals surface area contributed by atoms with E-state index >= 15 is 0 Å². The fraction of sp³-hybridized carbons (Fsp3) is 0.179. The number of furan rings is 2. The molecule has 5 nitrogen and oxygen atoms in total. The van der Waals surface area contributed by atoms with Gasteiger partial charge >= 0.3 is 5.97 Å². The Labute approximate surface area is 205 Å². The number of fused-ring (bicyclic) bond motifs is 2. The Morgan fingerprint density at radius 1 is 0.912 bits per heavy atom. The minimum absolute atomic E-state index is 0.0737. The van der Waals surface area contributed by atoms with E-state index < -0.39 is 0 Å². The highest BCUT2D eigenvalue weighted by Crippen LogP contribution is 2.33. The molecule has 34 heavy (non-hydrogen) atoms. The lowest BCUT2D eigenvalue weighted by atomic mass is 10.1. The maximum absolute atomic E-state index is 11.8. The van der Waals surface area contributed by atoms with Crippen LogP contribution in [0.5, 0.6) is 5.75 Å². The van der Waals surface area contributed by atoms with Gasteiger partial charge < -0.3 is 18.3 Å². The van der Waals surface area contributed by atoms with Crippen LogP contribution in [0.3, 0.4) is 0 Å². The van der Waals surface area contributed by atoms with E-state index in [4.69, 9.17) is 18.3 Å². The van der Waals surface area contributed by atoms with Gasteiger partial charge in [0.05, 0.1) is 17.0 Å². The maximum atomic E-state index is 11.8. The average molecular weight is 519 g/mol. The smallest absolute Gasteiger partial charge is 0.338 e. The molecule has 0 radical (unpaired) electrons. The highest BCUT2D eigenvalue weighted by molar-refractivity contribution is 9.09. The predicted molar refractivity (Wildman–Crippen MR) is 135 cm³/mol. The first-order valence-electron chi connectivity index (χ1n) is 11.1. The third-order valence-electron chi connectivity index (χ3n) is 5.55. The Morgan fingerprint density at radius 2 is 1.71 bits per heavy atom. The van der Waals surface area contributed by atoms with Crippen LogP contribution in [-0.2, 0) is 17.8 Å². The van der Waals surface area contributed by atoms with Crippen molar-refractivity contribution in [2.75, 3.05) is 6.61 Å². The highest BCUT2D eigenvalue weighted by Gasteiger charge is 2.15. The molecular weight excluding hydrogens is 496 g/mol. The van der Waals surface area contributed by atoms with Gasteiger partial charge in [0, 0.05) is 10.8 Å². The van der Waals surface area contributed by atoms with Crippen LogP contribution in [0.1, 0.15) is 39.2 Å². The molecule has 0 saturated heterocycles. The molecule has 0 spiro atoms. The molecule has 5 aromatic rings. The Hall–Kier alpha value is -3.51. The van der Waals surface area contributed by atoms with Crippen molar-refractivity contribution < 1.29 is 23.1 Å². The summed E-state index contributed by atoms with van der Waals surface area (Å²) in [5.41, 5.74) is 3.39. The van der Waals surface area contributed by atoms with Crippen molar-refractivity contribution in [1.82, 2.24) is 0 Å². The van der Waals surface area contributed by atoms with E-state index in [9.17, 15) is 4.79 Å². The van der Waals surface area contributed by atoms with Gasteiger partial charge in [0.1, 0.15) is 35.0 Å². The second-order valence-electron chi connectivity index (χ2n) is 7.98. The van der Waals surface area contributed by atoms with Crippen molar-refractivity contribution in [3.63, 3.8) is 0 Å². The number of para-hydroxylation sites is 1. The van der Waals surface area contributed by atoms with Gasteiger partial charge in [-0.2, -0.15) is 0 Å². The molecule has 6 heteroatoms. The second kappa shape index (κ2) is 9.77. The molecule has 0 fully saturated rings. The Bertz CT molecular complexity index is 1400. The standard InChI is InChI=1S/C28H23BrO5/c1-2-31-28(30)19-8-10-22(11-9-19)32-17-23-15-21-13-18(7-12-26(21)33-23)14-24(29)27-16-20-5-3-4-6-25(20)34-27/h3-13,15-16,24H,2,14,17H2,1H3. The third kappa shape index (κ3) is 4.87. The molecule has 0 amide bonds. The number of benzene rings is 3. The van der Waals surface area contributed by atoms with Crippen LogP contribution in [0.2, 0.25) is 0 Å². The van der Waals surface area contributed by atoms with Crippen molar-refractivity contribution in [3.8, 4) is 5.75 Å². The topological polar surface area (TPSA) is 61.8 Å². The van der Waals surface area contributed by atoms with Crippen molar-refractivity contribution in [1.29, 1.82) is 0 Å². The number of halogens is 1. The van der Waals surface area contributed by atoms with Gasteiger partial charge in [-0.05, 0) is 73.5 Å². The SMILES string of the molecule is CCOC(=O)c1ccc(OCc2cc3cc(CC(Br)c4cc5ccccc5o4)ccc3o2)cc1. The minimum atomic E-state index is -0.340. The second-order valence-corrected chi connectivity index (χ2v) is 9.08. The lowest BCUT2D eigenvalue weighted by molar-refractivity contribution is 0.0526. The van der Waals surface area contributed by atoms with Crippen molar-refractivity contribution in [3.05, 3.63) is 102 Å². The number of esters is 1. The zero-order valence-electron chi connectivity index (χ0n) is 18.6. The van der Waals surface area contributed by atoms with Gasteiger partial charge in [-0.15, -0.1) is 0 Å². The molecule has 2 aromatic heterocycles. The summed E-state index contributed by atoms with van der Waals surface area (Å²) < 4.78 is 22.8. The lowest BCUT2D eigenvalue weighted by Gasteiger charge is -2.06. The summed E-state index contributed by atoms with van der Waals surface area (Å²) in [5.74, 6) is 1.96. The highest BCUT2D eigenvalue weighted by atomic mass is 79.9. The average Bonchev–Trinajstić information content (AvgIpc) is 3.47. The molecule has 0 aliphatic rings. The third-order valence-corrected chi connectivity index (χ3v) is 6.32. The molecular formula is C28H23BrO5. The molecule has 172 valence electrons. The summed E-state index contributed by atoms with van der Waals surface area (Å²) in [7, 11) is 0. The largest absolute Gasteiger partial charge is 0.486 e. The van der Waals surface area contributed by atoms with Crippen LogP contribution >= 0.6 is 15.9 Å². The summed E-state index contributed by atoms with van der Waals surface area (Å²) in [5, 5.41) is 2.13. The monoisotopic (exact) mass is 518 g/mol. The first-order chi connectivity index (χ1) is 16.6. The summed E-state index contributed by atoms with van der Waals surface area (Å²) in [6, 6.07) is 25.2. The van der Waals surface area contributed by atoms with E-state index in [1.807, 2.05) is 30.3 Å². The van der Waals surface area contributed by atoms with E-state index in [0.717, 1.165) is 39.9 Å². The van der Waals surface area contributed by atoms with Gasteiger partial charge in [-0.25, -0.2) is 4.79 Å². The van der Waals surface area contributed by atoms with Crippen LogP contribution in [0.25, 0.3) is 21.9 Å². The van der Waals surface area contributed by atoms with Crippen LogP contribution in [0, 0.1) is 0 Å². The van der Waals surface area contributed by atoms with Crippen molar-refractivity contribution in [2.45, 2.75) is 24.8 Å².